The van der Waals surface area contributed by atoms with Gasteiger partial charge in [-0.3, -0.25) is 20.0 Å². The van der Waals surface area contributed by atoms with Gasteiger partial charge >= 0.3 is 0 Å². The lowest BCUT2D eigenvalue weighted by Crippen LogP contribution is -2.37. The topological polar surface area (TPSA) is 88.2 Å². The molecular formula is C14H19N3O4. The zero-order valence-electron chi connectivity index (χ0n) is 11.8. The number of morpholine rings is 1. The van der Waals surface area contributed by atoms with Crippen molar-refractivity contribution in [3.63, 3.8) is 0 Å². The summed E-state index contributed by atoms with van der Waals surface area (Å²) in [6, 6.07) is 3.90. The average molecular weight is 293 g/mol. The highest BCUT2D eigenvalue weighted by molar-refractivity contribution is 5.84. The molecule has 0 aliphatic carbocycles. The van der Waals surface area contributed by atoms with Gasteiger partial charge in [-0.2, -0.15) is 0 Å². The fraction of sp³-hybridized carbons (Fsp3) is 0.500. The summed E-state index contributed by atoms with van der Waals surface area (Å²) in [4.78, 5) is 16.7. The number of phenols is 1. The van der Waals surface area contributed by atoms with E-state index in [9.17, 15) is 15.2 Å². The first kappa shape index (κ1) is 15.4. The molecule has 0 aromatic heterocycles. The zero-order valence-corrected chi connectivity index (χ0v) is 11.8. The van der Waals surface area contributed by atoms with Gasteiger partial charge in [-0.25, -0.2) is 0 Å². The highest BCUT2D eigenvalue weighted by Gasteiger charge is 2.10. The number of rotatable bonds is 6. The Labute approximate surface area is 123 Å². The maximum absolute atomic E-state index is 10.7. The van der Waals surface area contributed by atoms with Crippen molar-refractivity contribution in [3.8, 4) is 5.75 Å². The Bertz CT molecular complexity index is 513. The first-order valence-electron chi connectivity index (χ1n) is 6.94. The summed E-state index contributed by atoms with van der Waals surface area (Å²) >= 11 is 0. The number of nitrogens with zero attached hydrogens (tertiary/aromatic N) is 3. The number of nitro groups is 1. The molecule has 0 unspecified atom stereocenters. The molecule has 1 aliphatic rings. The van der Waals surface area contributed by atoms with Crippen LogP contribution in [0.1, 0.15) is 12.0 Å². The molecule has 7 heteroatoms. The quantitative estimate of drug-likeness (QED) is 0.371. The lowest BCUT2D eigenvalue weighted by molar-refractivity contribution is -0.384. The van der Waals surface area contributed by atoms with Crippen molar-refractivity contribution in [3.05, 3.63) is 33.9 Å². The van der Waals surface area contributed by atoms with E-state index in [0.29, 0.717) is 12.1 Å². The Balaban J connectivity index is 1.80. The van der Waals surface area contributed by atoms with Crippen LogP contribution in [0.3, 0.4) is 0 Å². The van der Waals surface area contributed by atoms with Crippen LogP contribution < -0.4 is 0 Å². The van der Waals surface area contributed by atoms with E-state index >= 15 is 0 Å². The van der Waals surface area contributed by atoms with Crippen molar-refractivity contribution >= 4 is 11.9 Å². The van der Waals surface area contributed by atoms with Crippen LogP contribution in [0.2, 0.25) is 0 Å². The Morgan fingerprint density at radius 1 is 1.43 bits per heavy atom. The number of aliphatic imine (C=N–C) groups is 1. The number of benzene rings is 1. The molecule has 2 rings (SSSR count). The normalized spacial score (nSPS) is 16.4. The van der Waals surface area contributed by atoms with E-state index in [1.807, 2.05) is 0 Å². The maximum atomic E-state index is 10.7. The van der Waals surface area contributed by atoms with E-state index in [1.165, 1.54) is 24.4 Å². The van der Waals surface area contributed by atoms with Crippen molar-refractivity contribution in [1.82, 2.24) is 4.90 Å². The fourth-order valence-corrected chi connectivity index (χ4v) is 2.13. The van der Waals surface area contributed by atoms with E-state index in [4.69, 9.17) is 4.74 Å². The summed E-state index contributed by atoms with van der Waals surface area (Å²) in [6.07, 6.45) is 2.40. The van der Waals surface area contributed by atoms with Crippen LogP contribution in [0.15, 0.2) is 23.2 Å². The molecule has 1 aromatic rings. The Kier molecular flexibility index (Phi) is 5.65. The first-order valence-corrected chi connectivity index (χ1v) is 6.94. The summed E-state index contributed by atoms with van der Waals surface area (Å²) in [5.74, 6) is -0.00229. The molecule has 114 valence electrons. The molecule has 1 fully saturated rings. The van der Waals surface area contributed by atoms with E-state index in [2.05, 4.69) is 9.89 Å². The van der Waals surface area contributed by atoms with Crippen LogP contribution in [-0.4, -0.2) is 60.5 Å². The number of aromatic hydroxyl groups is 1. The van der Waals surface area contributed by atoms with Crippen molar-refractivity contribution in [2.24, 2.45) is 4.99 Å². The van der Waals surface area contributed by atoms with Gasteiger partial charge in [-0.1, -0.05) is 0 Å². The number of hydrogen-bond donors (Lipinski definition) is 1. The monoisotopic (exact) mass is 293 g/mol. The molecule has 7 nitrogen and oxygen atoms in total. The summed E-state index contributed by atoms with van der Waals surface area (Å²) in [5.41, 5.74) is 0.318. The van der Waals surface area contributed by atoms with Gasteiger partial charge in [0.1, 0.15) is 5.75 Å². The largest absolute Gasteiger partial charge is 0.507 e. The molecule has 1 aliphatic heterocycles. The zero-order chi connectivity index (χ0) is 15.1. The maximum Gasteiger partial charge on any atom is 0.270 e. The van der Waals surface area contributed by atoms with Crippen LogP contribution in [0.5, 0.6) is 5.75 Å². The SMILES string of the molecule is O=[N+]([O-])c1ccc(O)c(C=NCCCN2CCOCC2)c1. The van der Waals surface area contributed by atoms with E-state index < -0.39 is 4.92 Å². The summed E-state index contributed by atoms with van der Waals surface area (Å²) in [5, 5.41) is 20.3. The second-order valence-electron chi connectivity index (χ2n) is 4.84. The first-order chi connectivity index (χ1) is 10.2. The third-order valence-corrected chi connectivity index (χ3v) is 3.32. The minimum absolute atomic E-state index is 0.00229. The molecule has 0 spiro atoms. The van der Waals surface area contributed by atoms with Gasteiger partial charge in [0, 0.05) is 50.1 Å². The second-order valence-corrected chi connectivity index (χ2v) is 4.84. The van der Waals surface area contributed by atoms with Gasteiger partial charge in [-0.15, -0.1) is 0 Å². The molecule has 1 heterocycles. The molecular weight excluding hydrogens is 274 g/mol. The molecule has 1 N–H and O–H groups in total. The Morgan fingerprint density at radius 3 is 2.90 bits per heavy atom. The third kappa shape index (κ3) is 4.80. The van der Waals surface area contributed by atoms with Crippen molar-refractivity contribution in [1.29, 1.82) is 0 Å². The van der Waals surface area contributed by atoms with E-state index in [1.54, 1.807) is 0 Å². The Morgan fingerprint density at radius 2 is 2.19 bits per heavy atom. The standard InChI is InChI=1S/C14H19N3O4/c18-14-3-2-13(17(19)20)10-12(14)11-15-4-1-5-16-6-8-21-9-7-16/h2-3,10-11,18H,1,4-9H2. The summed E-state index contributed by atoms with van der Waals surface area (Å²) in [6.45, 7) is 5.06. The van der Waals surface area contributed by atoms with Crippen molar-refractivity contribution < 1.29 is 14.8 Å². The van der Waals surface area contributed by atoms with Crippen LogP contribution in [-0.2, 0) is 4.74 Å². The fourth-order valence-electron chi connectivity index (χ4n) is 2.13. The number of non-ortho nitro benzene ring substituents is 1. The highest BCUT2D eigenvalue weighted by atomic mass is 16.6. The molecule has 0 bridgehead atoms. The van der Waals surface area contributed by atoms with Crippen LogP contribution >= 0.6 is 0 Å². The van der Waals surface area contributed by atoms with Gasteiger partial charge in [0.2, 0.25) is 0 Å². The minimum Gasteiger partial charge on any atom is -0.507 e. The average Bonchev–Trinajstić information content (AvgIpc) is 2.49. The number of nitro benzene ring substituents is 1. The smallest absolute Gasteiger partial charge is 0.270 e. The second kappa shape index (κ2) is 7.70. The third-order valence-electron chi connectivity index (χ3n) is 3.32. The Hall–Kier alpha value is -1.99. The molecule has 21 heavy (non-hydrogen) atoms. The number of phenolic OH excluding ortho intramolecular Hbond substituents is 1. The molecule has 0 saturated carbocycles. The molecule has 1 saturated heterocycles. The molecule has 1 aromatic carbocycles. The highest BCUT2D eigenvalue weighted by Crippen LogP contribution is 2.21. The van der Waals surface area contributed by atoms with Crippen LogP contribution in [0.25, 0.3) is 0 Å². The van der Waals surface area contributed by atoms with Gasteiger partial charge in [-0.05, 0) is 12.5 Å². The molecule has 0 amide bonds. The van der Waals surface area contributed by atoms with Gasteiger partial charge in [0.05, 0.1) is 18.1 Å². The summed E-state index contributed by atoms with van der Waals surface area (Å²) < 4.78 is 5.27. The minimum atomic E-state index is -0.491. The van der Waals surface area contributed by atoms with E-state index in [0.717, 1.165) is 39.3 Å². The lowest BCUT2D eigenvalue weighted by Gasteiger charge is -2.26. The van der Waals surface area contributed by atoms with E-state index in [-0.39, 0.29) is 11.4 Å². The van der Waals surface area contributed by atoms with Crippen LogP contribution in [0.4, 0.5) is 5.69 Å². The summed E-state index contributed by atoms with van der Waals surface area (Å²) in [7, 11) is 0. The predicted octanol–water partition coefficient (Wildman–Crippen LogP) is 1.44. The molecule has 0 atom stereocenters. The number of ether oxygens (including phenoxy) is 1. The van der Waals surface area contributed by atoms with Gasteiger partial charge < -0.3 is 9.84 Å². The number of hydrogen-bond acceptors (Lipinski definition) is 6. The van der Waals surface area contributed by atoms with Crippen molar-refractivity contribution in [2.75, 3.05) is 39.4 Å². The van der Waals surface area contributed by atoms with Crippen molar-refractivity contribution in [2.45, 2.75) is 6.42 Å². The lowest BCUT2D eigenvalue weighted by atomic mass is 10.2. The van der Waals surface area contributed by atoms with Gasteiger partial charge in [0.25, 0.3) is 5.69 Å². The van der Waals surface area contributed by atoms with Crippen LogP contribution in [0, 0.1) is 10.1 Å². The molecule has 0 radical (unpaired) electrons. The van der Waals surface area contributed by atoms with Gasteiger partial charge in [0.15, 0.2) is 0 Å². The predicted molar refractivity (Wildman–Crippen MR) is 79.1 cm³/mol.